The van der Waals surface area contributed by atoms with Gasteiger partial charge in [-0.05, 0) is 30.7 Å². The molecule has 0 radical (unpaired) electrons. The van der Waals surface area contributed by atoms with Crippen LogP contribution in [0.2, 0.25) is 5.02 Å². The number of halogens is 1. The van der Waals surface area contributed by atoms with E-state index in [0.29, 0.717) is 21.9 Å². The standard InChI is InChI=1S/C24H20ClN3O3S/c1-16(23(29)26-20-13-7-5-11-18(20)17-9-3-2-4-10-17)32-24-28-27-22(31-24)15-30-21-14-8-6-12-19(21)25/h2-14,16H,15H2,1H3,(H,26,29). The van der Waals surface area contributed by atoms with Gasteiger partial charge in [-0.1, -0.05) is 84.0 Å². The molecule has 0 spiro atoms. The van der Waals surface area contributed by atoms with Gasteiger partial charge in [0.15, 0.2) is 6.61 Å². The molecule has 0 bridgehead atoms. The molecule has 1 amide bonds. The number of carbonyl (C=O) groups excluding carboxylic acids is 1. The summed E-state index contributed by atoms with van der Waals surface area (Å²) < 4.78 is 11.2. The Balaban J connectivity index is 1.36. The molecule has 1 aromatic heterocycles. The van der Waals surface area contributed by atoms with Gasteiger partial charge in [-0.3, -0.25) is 4.79 Å². The van der Waals surface area contributed by atoms with Crippen LogP contribution in [0.4, 0.5) is 5.69 Å². The first-order chi connectivity index (χ1) is 15.6. The predicted molar refractivity (Wildman–Crippen MR) is 126 cm³/mol. The van der Waals surface area contributed by atoms with Crippen LogP contribution in [-0.2, 0) is 11.4 Å². The summed E-state index contributed by atoms with van der Waals surface area (Å²) in [5.74, 6) is 0.672. The number of ether oxygens (including phenoxy) is 1. The lowest BCUT2D eigenvalue weighted by atomic mass is 10.0. The van der Waals surface area contributed by atoms with E-state index >= 15 is 0 Å². The first kappa shape index (κ1) is 21.9. The predicted octanol–water partition coefficient (Wildman–Crippen LogP) is 6.09. The Morgan fingerprint density at radius 2 is 1.75 bits per heavy atom. The van der Waals surface area contributed by atoms with E-state index in [4.69, 9.17) is 20.8 Å². The average molecular weight is 466 g/mol. The molecule has 0 fully saturated rings. The second-order valence-corrected chi connectivity index (χ2v) is 8.54. The molecule has 1 heterocycles. The first-order valence-corrected chi connectivity index (χ1v) is 11.2. The number of anilines is 1. The van der Waals surface area contributed by atoms with Crippen molar-refractivity contribution in [2.24, 2.45) is 0 Å². The number of thioether (sulfide) groups is 1. The number of benzene rings is 3. The summed E-state index contributed by atoms with van der Waals surface area (Å²) in [6, 6.07) is 24.8. The van der Waals surface area contributed by atoms with Crippen molar-refractivity contribution in [1.29, 1.82) is 0 Å². The Morgan fingerprint density at radius 3 is 2.56 bits per heavy atom. The van der Waals surface area contributed by atoms with Crippen molar-refractivity contribution in [2.45, 2.75) is 24.0 Å². The van der Waals surface area contributed by atoms with Crippen LogP contribution >= 0.6 is 23.4 Å². The molecule has 1 unspecified atom stereocenters. The van der Waals surface area contributed by atoms with Crippen molar-refractivity contribution >= 4 is 35.0 Å². The Bertz CT molecular complexity index is 1200. The molecule has 0 aliphatic carbocycles. The minimum Gasteiger partial charge on any atom is -0.482 e. The summed E-state index contributed by atoms with van der Waals surface area (Å²) in [5, 5.41) is 11.3. The molecular formula is C24H20ClN3O3S. The van der Waals surface area contributed by atoms with Crippen molar-refractivity contribution in [3.05, 3.63) is 89.8 Å². The number of carbonyl (C=O) groups is 1. The molecule has 4 rings (SSSR count). The van der Waals surface area contributed by atoms with E-state index < -0.39 is 5.25 Å². The number of nitrogens with zero attached hydrogens (tertiary/aromatic N) is 2. The van der Waals surface area contributed by atoms with Gasteiger partial charge in [0, 0.05) is 11.3 Å². The van der Waals surface area contributed by atoms with Gasteiger partial charge in [0.05, 0.1) is 10.3 Å². The second-order valence-electron chi connectivity index (χ2n) is 6.84. The highest BCUT2D eigenvalue weighted by Crippen LogP contribution is 2.29. The molecule has 0 aliphatic rings. The van der Waals surface area contributed by atoms with Gasteiger partial charge in [-0.2, -0.15) is 0 Å². The van der Waals surface area contributed by atoms with Crippen LogP contribution in [0.3, 0.4) is 0 Å². The fourth-order valence-corrected chi connectivity index (χ4v) is 3.84. The zero-order chi connectivity index (χ0) is 22.3. The first-order valence-electron chi connectivity index (χ1n) is 9.92. The van der Waals surface area contributed by atoms with Crippen LogP contribution in [0.1, 0.15) is 12.8 Å². The van der Waals surface area contributed by atoms with Crippen LogP contribution < -0.4 is 10.1 Å². The van der Waals surface area contributed by atoms with Crippen LogP contribution in [-0.4, -0.2) is 21.4 Å². The van der Waals surface area contributed by atoms with Crippen molar-refractivity contribution in [3.63, 3.8) is 0 Å². The van der Waals surface area contributed by atoms with Gasteiger partial charge in [0.1, 0.15) is 5.75 Å². The Labute approximate surface area is 195 Å². The molecule has 0 saturated heterocycles. The van der Waals surface area contributed by atoms with E-state index in [-0.39, 0.29) is 12.5 Å². The third kappa shape index (κ3) is 5.49. The SMILES string of the molecule is CC(Sc1nnc(COc2ccccc2Cl)o1)C(=O)Nc1ccccc1-c1ccccc1. The van der Waals surface area contributed by atoms with E-state index in [1.165, 1.54) is 11.8 Å². The molecule has 162 valence electrons. The monoisotopic (exact) mass is 465 g/mol. The van der Waals surface area contributed by atoms with Gasteiger partial charge in [0.2, 0.25) is 5.91 Å². The zero-order valence-corrected chi connectivity index (χ0v) is 18.8. The molecule has 3 aromatic carbocycles. The number of amides is 1. The third-order valence-corrected chi connectivity index (χ3v) is 5.80. The van der Waals surface area contributed by atoms with Crippen LogP contribution in [0.25, 0.3) is 11.1 Å². The minimum atomic E-state index is -0.448. The fraction of sp³-hybridized carbons (Fsp3) is 0.125. The quantitative estimate of drug-likeness (QED) is 0.317. The van der Waals surface area contributed by atoms with Gasteiger partial charge in [-0.25, -0.2) is 0 Å². The van der Waals surface area contributed by atoms with Gasteiger partial charge in [0.25, 0.3) is 11.1 Å². The van der Waals surface area contributed by atoms with E-state index in [1.54, 1.807) is 19.1 Å². The maximum Gasteiger partial charge on any atom is 0.277 e. The molecule has 8 heteroatoms. The zero-order valence-electron chi connectivity index (χ0n) is 17.2. The van der Waals surface area contributed by atoms with Crippen molar-refractivity contribution in [3.8, 4) is 16.9 Å². The highest BCUT2D eigenvalue weighted by Gasteiger charge is 2.20. The number of para-hydroxylation sites is 2. The summed E-state index contributed by atoms with van der Waals surface area (Å²) in [4.78, 5) is 12.8. The molecule has 4 aromatic rings. The van der Waals surface area contributed by atoms with Gasteiger partial charge >= 0.3 is 0 Å². The van der Waals surface area contributed by atoms with E-state index in [2.05, 4.69) is 15.5 Å². The van der Waals surface area contributed by atoms with Crippen molar-refractivity contribution < 1.29 is 13.9 Å². The van der Waals surface area contributed by atoms with E-state index in [0.717, 1.165) is 16.8 Å². The van der Waals surface area contributed by atoms with Crippen LogP contribution in [0.5, 0.6) is 5.75 Å². The third-order valence-electron chi connectivity index (χ3n) is 4.55. The van der Waals surface area contributed by atoms with Crippen molar-refractivity contribution in [1.82, 2.24) is 10.2 Å². The maximum absolute atomic E-state index is 12.8. The molecule has 6 nitrogen and oxygen atoms in total. The van der Waals surface area contributed by atoms with Gasteiger partial charge in [-0.15, -0.1) is 10.2 Å². The normalized spacial score (nSPS) is 11.7. The van der Waals surface area contributed by atoms with E-state index in [9.17, 15) is 4.79 Å². The number of hydrogen-bond acceptors (Lipinski definition) is 6. The number of hydrogen-bond donors (Lipinski definition) is 1. The summed E-state index contributed by atoms with van der Waals surface area (Å²) >= 11 is 7.26. The molecule has 0 saturated carbocycles. The fourth-order valence-electron chi connectivity index (χ4n) is 2.95. The maximum atomic E-state index is 12.8. The number of rotatable bonds is 8. The smallest absolute Gasteiger partial charge is 0.277 e. The lowest BCUT2D eigenvalue weighted by Crippen LogP contribution is -2.22. The van der Waals surface area contributed by atoms with Crippen LogP contribution in [0.15, 0.2) is 88.5 Å². The second kappa shape index (κ2) is 10.3. The number of nitrogens with one attached hydrogen (secondary N) is 1. The summed E-state index contributed by atoms with van der Waals surface area (Å²) in [6.07, 6.45) is 0. The largest absolute Gasteiger partial charge is 0.482 e. The molecule has 0 aliphatic heterocycles. The Hall–Kier alpha value is -3.29. The lowest BCUT2D eigenvalue weighted by Gasteiger charge is -2.14. The van der Waals surface area contributed by atoms with Crippen molar-refractivity contribution in [2.75, 3.05) is 5.32 Å². The van der Waals surface area contributed by atoms with Crippen LogP contribution in [0, 0.1) is 0 Å². The highest BCUT2D eigenvalue weighted by atomic mass is 35.5. The molecule has 32 heavy (non-hydrogen) atoms. The number of aromatic nitrogens is 2. The molecule has 1 N–H and O–H groups in total. The summed E-state index contributed by atoms with van der Waals surface area (Å²) in [6.45, 7) is 1.87. The van der Waals surface area contributed by atoms with E-state index in [1.807, 2.05) is 66.7 Å². The summed E-state index contributed by atoms with van der Waals surface area (Å²) in [7, 11) is 0. The highest BCUT2D eigenvalue weighted by molar-refractivity contribution is 8.00. The van der Waals surface area contributed by atoms with Gasteiger partial charge < -0.3 is 14.5 Å². The Morgan fingerprint density at radius 1 is 1.03 bits per heavy atom. The molecule has 1 atom stereocenters. The summed E-state index contributed by atoms with van der Waals surface area (Å²) in [5.41, 5.74) is 2.73. The lowest BCUT2D eigenvalue weighted by molar-refractivity contribution is -0.115. The topological polar surface area (TPSA) is 77.2 Å². The Kier molecular flexibility index (Phi) is 7.09. The molecular weight excluding hydrogens is 446 g/mol. The minimum absolute atomic E-state index is 0.0856. The average Bonchev–Trinajstić information content (AvgIpc) is 3.26.